The summed E-state index contributed by atoms with van der Waals surface area (Å²) >= 11 is 0. The Morgan fingerprint density at radius 1 is 1.29 bits per heavy atom. The van der Waals surface area contributed by atoms with Crippen molar-refractivity contribution in [2.75, 3.05) is 7.11 Å². The number of ketones is 1. The molecule has 2 unspecified atom stereocenters. The molecule has 0 saturated heterocycles. The van der Waals surface area contributed by atoms with E-state index in [0.717, 1.165) is 5.56 Å². The van der Waals surface area contributed by atoms with Crippen molar-refractivity contribution >= 4 is 16.8 Å². The molecule has 0 spiro atoms. The third-order valence-corrected chi connectivity index (χ3v) is 5.11. The van der Waals surface area contributed by atoms with Gasteiger partial charge in [-0.1, -0.05) is 0 Å². The van der Waals surface area contributed by atoms with Crippen LogP contribution < -0.4 is 15.1 Å². The van der Waals surface area contributed by atoms with E-state index in [1.54, 1.807) is 19.4 Å². The van der Waals surface area contributed by atoms with E-state index in [-0.39, 0.29) is 17.3 Å². The summed E-state index contributed by atoms with van der Waals surface area (Å²) in [7, 11) is 1.54. The van der Waals surface area contributed by atoms with Crippen molar-refractivity contribution in [2.45, 2.75) is 31.5 Å². The highest BCUT2D eigenvalue weighted by Crippen LogP contribution is 2.54. The van der Waals surface area contributed by atoms with Crippen LogP contribution in [0.25, 0.3) is 11.0 Å². The van der Waals surface area contributed by atoms with Crippen molar-refractivity contribution in [1.29, 1.82) is 0 Å². The van der Waals surface area contributed by atoms with Crippen LogP contribution in [0.4, 0.5) is 0 Å². The van der Waals surface area contributed by atoms with Crippen molar-refractivity contribution in [1.82, 2.24) is 0 Å². The van der Waals surface area contributed by atoms with Crippen LogP contribution in [0, 0.1) is 0 Å². The second kappa shape index (κ2) is 4.20. The second-order valence-electron chi connectivity index (χ2n) is 6.40. The van der Waals surface area contributed by atoms with E-state index < -0.39 is 11.4 Å². The van der Waals surface area contributed by atoms with Gasteiger partial charge < -0.3 is 18.6 Å². The van der Waals surface area contributed by atoms with Crippen molar-refractivity contribution < 1.29 is 23.4 Å². The monoisotopic (exact) mass is 326 g/mol. The fourth-order valence-electron chi connectivity index (χ4n) is 4.01. The Morgan fingerprint density at radius 2 is 2.12 bits per heavy atom. The van der Waals surface area contributed by atoms with Crippen LogP contribution in [0.15, 0.2) is 27.6 Å². The Bertz CT molecular complexity index is 1010. The van der Waals surface area contributed by atoms with E-state index >= 15 is 0 Å². The molecule has 6 nitrogen and oxygen atoms in total. The molecule has 2 aliphatic heterocycles. The van der Waals surface area contributed by atoms with Gasteiger partial charge >= 0.3 is 5.63 Å². The van der Waals surface area contributed by atoms with Crippen LogP contribution in [-0.4, -0.2) is 18.7 Å². The number of ether oxygens (including phenoxy) is 3. The van der Waals surface area contributed by atoms with Crippen LogP contribution in [0.2, 0.25) is 0 Å². The van der Waals surface area contributed by atoms with Gasteiger partial charge in [-0.2, -0.15) is 0 Å². The number of rotatable bonds is 1. The summed E-state index contributed by atoms with van der Waals surface area (Å²) in [5.41, 5.74) is 1.46. The van der Waals surface area contributed by atoms with Gasteiger partial charge in [0.15, 0.2) is 5.78 Å². The second-order valence-corrected chi connectivity index (χ2v) is 6.40. The lowest BCUT2D eigenvalue weighted by Gasteiger charge is -2.22. The summed E-state index contributed by atoms with van der Waals surface area (Å²) in [5, 5.41) is 0.685. The minimum absolute atomic E-state index is 0.153. The van der Waals surface area contributed by atoms with E-state index in [9.17, 15) is 9.59 Å². The zero-order valence-corrected chi connectivity index (χ0v) is 13.2. The average Bonchev–Trinajstić information content (AvgIpc) is 3.17. The fourth-order valence-corrected chi connectivity index (χ4v) is 4.01. The molecular weight excluding hydrogens is 312 g/mol. The van der Waals surface area contributed by atoms with Crippen LogP contribution in [0.1, 0.15) is 40.7 Å². The van der Waals surface area contributed by atoms with Crippen molar-refractivity contribution in [3.63, 3.8) is 0 Å². The molecule has 6 heteroatoms. The molecule has 0 bridgehead atoms. The van der Waals surface area contributed by atoms with Crippen LogP contribution in [0.5, 0.6) is 11.5 Å². The predicted octanol–water partition coefficient (Wildman–Crippen LogP) is 2.67. The Hall–Kier alpha value is -2.76. The Labute approximate surface area is 136 Å². The number of Topliss-reactive ketones (excluding diaryl/α,β-unsaturated/α-hetero) is 1. The molecule has 1 aromatic heterocycles. The van der Waals surface area contributed by atoms with E-state index in [1.807, 2.05) is 13.0 Å². The Morgan fingerprint density at radius 3 is 2.92 bits per heavy atom. The minimum atomic E-state index is -0.852. The van der Waals surface area contributed by atoms with Gasteiger partial charge in [-0.15, -0.1) is 0 Å². The average molecular weight is 326 g/mol. The van der Waals surface area contributed by atoms with Crippen molar-refractivity contribution in [3.8, 4) is 11.5 Å². The first-order valence-corrected chi connectivity index (χ1v) is 7.81. The molecule has 0 N–H and O–H groups in total. The number of methoxy groups -OCH3 is 1. The summed E-state index contributed by atoms with van der Waals surface area (Å²) in [6.07, 6.45) is 4.31. The molecule has 0 amide bonds. The number of benzene rings is 1. The molecule has 0 fully saturated rings. The van der Waals surface area contributed by atoms with Crippen molar-refractivity contribution in [3.05, 3.63) is 45.5 Å². The van der Waals surface area contributed by atoms with Gasteiger partial charge in [0.1, 0.15) is 22.6 Å². The predicted molar refractivity (Wildman–Crippen MR) is 83.7 cm³/mol. The molecule has 122 valence electrons. The molecule has 1 aliphatic carbocycles. The highest BCUT2D eigenvalue weighted by atomic mass is 16.7. The maximum atomic E-state index is 12.4. The molecule has 3 aliphatic rings. The summed E-state index contributed by atoms with van der Waals surface area (Å²) in [6.45, 7) is 1.84. The van der Waals surface area contributed by atoms with Gasteiger partial charge in [0.05, 0.1) is 30.2 Å². The molecule has 1 aromatic carbocycles. The maximum absolute atomic E-state index is 12.4. The Kier molecular flexibility index (Phi) is 2.39. The van der Waals surface area contributed by atoms with Gasteiger partial charge in [0.25, 0.3) is 5.79 Å². The highest BCUT2D eigenvalue weighted by molar-refractivity contribution is 6.06. The fraction of sp³-hybridized carbons (Fsp3) is 0.333. The molecule has 0 radical (unpaired) electrons. The standard InChI is InChI=1S/C18H14O6/c1-18-9(5-6-22-18)15-12(24-18)7-11(21-2)14-8-3-4-10(19)13(8)17(20)23-16(14)15/h5-7,9H,3-4H2,1-2H3. The lowest BCUT2D eigenvalue weighted by molar-refractivity contribution is -0.107. The zero-order valence-electron chi connectivity index (χ0n) is 13.2. The summed E-state index contributed by atoms with van der Waals surface area (Å²) < 4.78 is 22.6. The van der Waals surface area contributed by atoms with E-state index in [0.29, 0.717) is 40.9 Å². The molecule has 24 heavy (non-hydrogen) atoms. The number of carbonyl (C=O) groups excluding carboxylic acids is 1. The first-order chi connectivity index (χ1) is 11.5. The van der Waals surface area contributed by atoms with Gasteiger partial charge in [0.2, 0.25) is 0 Å². The number of hydrogen-bond donors (Lipinski definition) is 0. The molecule has 2 aromatic rings. The van der Waals surface area contributed by atoms with Gasteiger partial charge in [-0.05, 0) is 18.1 Å². The lowest BCUT2D eigenvalue weighted by Crippen LogP contribution is -2.31. The van der Waals surface area contributed by atoms with E-state index in [1.165, 1.54) is 0 Å². The number of aryl methyl sites for hydroxylation is 1. The number of fused-ring (bicyclic) bond motifs is 7. The third-order valence-electron chi connectivity index (χ3n) is 5.11. The first-order valence-electron chi connectivity index (χ1n) is 7.81. The number of carbonyl (C=O) groups is 1. The van der Waals surface area contributed by atoms with E-state index in [2.05, 4.69) is 0 Å². The van der Waals surface area contributed by atoms with Gasteiger partial charge in [0, 0.05) is 19.4 Å². The highest BCUT2D eigenvalue weighted by Gasteiger charge is 2.50. The van der Waals surface area contributed by atoms with E-state index in [4.69, 9.17) is 18.6 Å². The summed E-state index contributed by atoms with van der Waals surface area (Å²) in [6, 6.07) is 1.78. The largest absolute Gasteiger partial charge is 0.496 e. The zero-order chi connectivity index (χ0) is 16.6. The van der Waals surface area contributed by atoms with Crippen molar-refractivity contribution in [2.24, 2.45) is 0 Å². The molecule has 3 heterocycles. The summed E-state index contributed by atoms with van der Waals surface area (Å²) in [5.74, 6) is -0.100. The normalized spacial score (nSPS) is 26.1. The SMILES string of the molecule is COc1cc2c(c3oc(=O)c4c(c13)CCC4=O)C1C=COC1(C)O2. The first kappa shape index (κ1) is 13.7. The van der Waals surface area contributed by atoms with Gasteiger partial charge in [-0.25, -0.2) is 4.79 Å². The molecule has 2 atom stereocenters. The topological polar surface area (TPSA) is 75.0 Å². The van der Waals surface area contributed by atoms with Gasteiger partial charge in [-0.3, -0.25) is 4.79 Å². The van der Waals surface area contributed by atoms with Crippen LogP contribution >= 0.6 is 0 Å². The Balaban J connectivity index is 1.94. The quantitative estimate of drug-likeness (QED) is 0.750. The number of hydrogen-bond acceptors (Lipinski definition) is 6. The maximum Gasteiger partial charge on any atom is 0.347 e. The molecule has 0 saturated carbocycles. The van der Waals surface area contributed by atoms with Crippen LogP contribution in [0.3, 0.4) is 0 Å². The minimum Gasteiger partial charge on any atom is -0.496 e. The third kappa shape index (κ3) is 1.46. The molecule has 5 rings (SSSR count). The van der Waals surface area contributed by atoms with Crippen LogP contribution in [-0.2, 0) is 11.2 Å². The smallest absolute Gasteiger partial charge is 0.347 e. The molecular formula is C18H14O6. The lowest BCUT2D eigenvalue weighted by atomic mass is 9.91. The summed E-state index contributed by atoms with van der Waals surface area (Å²) in [4.78, 5) is 24.4.